The summed E-state index contributed by atoms with van der Waals surface area (Å²) >= 11 is 6.25. The molecule has 3 fully saturated rings. The first-order valence-corrected chi connectivity index (χ1v) is 18.4. The molecule has 2 aromatic carbocycles. The van der Waals surface area contributed by atoms with E-state index >= 15 is 4.39 Å². The van der Waals surface area contributed by atoms with Gasteiger partial charge in [-0.1, -0.05) is 11.6 Å². The minimum atomic E-state index is -0.739. The number of likely N-dealkylation sites (N-methyl/N-ethyl adjacent to an activating group) is 2. The molecule has 8 rings (SSSR count). The highest BCUT2D eigenvalue weighted by molar-refractivity contribution is 6.36. The van der Waals surface area contributed by atoms with Crippen LogP contribution in [-0.4, -0.2) is 116 Å². The van der Waals surface area contributed by atoms with Crippen molar-refractivity contribution in [3.63, 3.8) is 0 Å². The maximum atomic E-state index is 15.0. The third-order valence-corrected chi connectivity index (χ3v) is 10.7. The van der Waals surface area contributed by atoms with Crippen LogP contribution in [0.1, 0.15) is 11.1 Å². The second kappa shape index (κ2) is 15.9. The van der Waals surface area contributed by atoms with Crippen molar-refractivity contribution in [3.05, 3.63) is 82.1 Å². The molecule has 0 atom stereocenters. The van der Waals surface area contributed by atoms with E-state index in [1.54, 1.807) is 48.1 Å². The summed E-state index contributed by atoms with van der Waals surface area (Å²) in [6, 6.07) is 5.95. The number of nitrogens with zero attached hydrogens (tertiary/aromatic N) is 8. The Morgan fingerprint density at radius 1 is 0.679 bits per heavy atom. The second-order valence-corrected chi connectivity index (χ2v) is 14.4. The zero-order valence-corrected chi connectivity index (χ0v) is 32.1. The third-order valence-electron chi connectivity index (χ3n) is 10.2. The Kier molecular flexibility index (Phi) is 11.0. The molecular formula is C39H40ClF4N9O3. The molecule has 1 N–H and O–H groups in total. The maximum Gasteiger partial charge on any atom is 0.241 e. The molecule has 12 nitrogen and oxygen atoms in total. The minimum Gasteiger partial charge on any atom is -0.378 e. The highest BCUT2D eigenvalue weighted by Gasteiger charge is 2.28. The molecule has 3 aliphatic rings. The predicted octanol–water partition coefficient (Wildman–Crippen LogP) is 5.83. The van der Waals surface area contributed by atoms with Crippen molar-refractivity contribution in [1.29, 1.82) is 0 Å². The van der Waals surface area contributed by atoms with E-state index in [4.69, 9.17) is 16.3 Å². The zero-order chi connectivity index (χ0) is 39.8. The molecule has 0 spiro atoms. The first-order valence-electron chi connectivity index (χ1n) is 18.1. The number of piperazine rings is 2. The molecule has 2 amide bonds. The van der Waals surface area contributed by atoms with Crippen LogP contribution in [-0.2, 0) is 14.3 Å². The number of morpholine rings is 1. The molecule has 0 radical (unpaired) electrons. The van der Waals surface area contributed by atoms with E-state index in [1.807, 2.05) is 17.9 Å². The van der Waals surface area contributed by atoms with Crippen molar-refractivity contribution >= 4 is 73.9 Å². The number of pyridine rings is 3. The number of aromatic nitrogens is 3. The Hall–Kier alpha value is -5.48. The summed E-state index contributed by atoms with van der Waals surface area (Å²) in [5, 5.41) is 3.80. The Morgan fingerprint density at radius 3 is 1.79 bits per heavy atom. The highest BCUT2D eigenvalue weighted by atomic mass is 35.5. The number of anilines is 5. The number of ether oxygens (including phenoxy) is 1. The largest absolute Gasteiger partial charge is 0.378 e. The quantitative estimate of drug-likeness (QED) is 0.219. The van der Waals surface area contributed by atoms with Gasteiger partial charge in [-0.25, -0.2) is 27.5 Å². The second-order valence-electron chi connectivity index (χ2n) is 14.0. The van der Waals surface area contributed by atoms with Gasteiger partial charge in [-0.3, -0.25) is 14.6 Å². The molecule has 0 saturated carbocycles. The normalized spacial score (nSPS) is 16.5. The number of benzene rings is 2. The molecule has 0 aliphatic carbocycles. The minimum absolute atomic E-state index is 0.0325. The first-order chi connectivity index (χ1) is 26.8. The van der Waals surface area contributed by atoms with E-state index in [0.717, 1.165) is 37.0 Å². The number of nitrogens with one attached hydrogen (secondary N) is 1. The Balaban J connectivity index is 0.000000189. The topological polar surface area (TPSA) is 110 Å². The van der Waals surface area contributed by atoms with Crippen LogP contribution >= 0.6 is 11.6 Å². The van der Waals surface area contributed by atoms with Crippen molar-refractivity contribution < 1.29 is 31.9 Å². The molecule has 6 heterocycles. The highest BCUT2D eigenvalue weighted by Crippen LogP contribution is 2.38. The summed E-state index contributed by atoms with van der Waals surface area (Å²) in [6.45, 7) is 8.97. The smallest absolute Gasteiger partial charge is 0.241 e. The lowest BCUT2D eigenvalue weighted by molar-refractivity contribution is -0.130. The Bertz CT molecular complexity index is 2350. The predicted molar refractivity (Wildman–Crippen MR) is 208 cm³/mol. The molecule has 294 valence electrons. The van der Waals surface area contributed by atoms with Crippen LogP contribution < -0.4 is 20.0 Å². The zero-order valence-electron chi connectivity index (χ0n) is 31.3. The summed E-state index contributed by atoms with van der Waals surface area (Å²) in [7, 11) is 3.49. The average Bonchev–Trinajstić information content (AvgIpc) is 3.16. The van der Waals surface area contributed by atoms with E-state index in [-0.39, 0.29) is 51.7 Å². The molecule has 5 aromatic rings. The van der Waals surface area contributed by atoms with Crippen LogP contribution in [0.5, 0.6) is 0 Å². The summed E-state index contributed by atoms with van der Waals surface area (Å²) in [6.07, 6.45) is 3.45. The van der Waals surface area contributed by atoms with E-state index in [1.165, 1.54) is 6.07 Å². The van der Waals surface area contributed by atoms with Gasteiger partial charge in [0.05, 0.1) is 82.6 Å². The van der Waals surface area contributed by atoms with Crippen LogP contribution in [0.3, 0.4) is 0 Å². The van der Waals surface area contributed by atoms with Gasteiger partial charge in [0.1, 0.15) is 34.9 Å². The van der Waals surface area contributed by atoms with Gasteiger partial charge in [-0.15, -0.1) is 0 Å². The molecule has 0 bridgehead atoms. The number of carbonyl (C=O) groups is 2. The summed E-state index contributed by atoms with van der Waals surface area (Å²) < 4.78 is 61.9. The fourth-order valence-electron chi connectivity index (χ4n) is 7.03. The molecule has 0 unspecified atom stereocenters. The number of fused-ring (bicyclic) bond motifs is 2. The first kappa shape index (κ1) is 38.8. The number of amides is 2. The van der Waals surface area contributed by atoms with Gasteiger partial charge >= 0.3 is 0 Å². The molecule has 3 aliphatic heterocycles. The number of halogens is 5. The Morgan fingerprint density at radius 2 is 1.21 bits per heavy atom. The molecule has 56 heavy (non-hydrogen) atoms. The van der Waals surface area contributed by atoms with Gasteiger partial charge in [0.15, 0.2) is 0 Å². The van der Waals surface area contributed by atoms with Crippen LogP contribution in [0.4, 0.5) is 46.3 Å². The van der Waals surface area contributed by atoms with Crippen molar-refractivity contribution in [2.24, 2.45) is 0 Å². The molecule has 3 aromatic heterocycles. The van der Waals surface area contributed by atoms with Gasteiger partial charge in [0.25, 0.3) is 0 Å². The number of hydrogen-bond acceptors (Lipinski definition) is 10. The summed E-state index contributed by atoms with van der Waals surface area (Å²) in [5.41, 5.74) is 3.66. The van der Waals surface area contributed by atoms with Crippen molar-refractivity contribution in [3.8, 4) is 0 Å². The lowest BCUT2D eigenvalue weighted by Gasteiger charge is -2.34. The number of rotatable bonds is 5. The lowest BCUT2D eigenvalue weighted by atomic mass is 10.1. The third kappa shape index (κ3) is 7.80. The van der Waals surface area contributed by atoms with Crippen LogP contribution in [0, 0.1) is 37.1 Å². The standard InChI is InChI=1S/C24H26F2N6O2.C15H14ClF2N3O/c1-15-23(28-17-11-18(13-27-12-17)31-5-7-34-8-6-31)22-19(26)9-16(25)10-20(22)29-24(15)32-4-3-30(2)21(33)14-32;1-8-14(16)13-10(18)5-9(17)6-11(13)19-15(8)21-4-3-20(2)12(22)7-21/h9-13H,3-8,14H2,1-2H3,(H,28,29);5-6H,3-4,7H2,1-2H3. The van der Waals surface area contributed by atoms with Crippen molar-refractivity contribution in [2.45, 2.75) is 13.8 Å². The molecule has 17 heteroatoms. The van der Waals surface area contributed by atoms with Gasteiger partial charge in [-0.2, -0.15) is 0 Å². The lowest BCUT2D eigenvalue weighted by Crippen LogP contribution is -2.49. The van der Waals surface area contributed by atoms with Gasteiger partial charge in [0, 0.05) is 88.8 Å². The maximum absolute atomic E-state index is 15.0. The van der Waals surface area contributed by atoms with Crippen LogP contribution in [0.25, 0.3) is 21.8 Å². The fraction of sp³-hybridized carbons (Fsp3) is 0.359. The van der Waals surface area contributed by atoms with E-state index in [2.05, 4.69) is 25.2 Å². The van der Waals surface area contributed by atoms with Crippen LogP contribution in [0.2, 0.25) is 5.02 Å². The van der Waals surface area contributed by atoms with Crippen LogP contribution in [0.15, 0.2) is 42.7 Å². The van der Waals surface area contributed by atoms with Crippen molar-refractivity contribution in [2.75, 3.05) is 99.7 Å². The van der Waals surface area contributed by atoms with E-state index < -0.39 is 23.3 Å². The summed E-state index contributed by atoms with van der Waals surface area (Å²) in [4.78, 5) is 46.5. The van der Waals surface area contributed by atoms with E-state index in [0.29, 0.717) is 73.5 Å². The fourth-order valence-corrected chi connectivity index (χ4v) is 7.30. The SMILES string of the molecule is Cc1c(N2CCN(C)C(=O)C2)nc2cc(F)cc(F)c2c1Cl.Cc1c(N2CCN(C)C(=O)C2)nc2cc(F)cc(F)c2c1Nc1cncc(N2CCOCC2)c1. The van der Waals surface area contributed by atoms with Gasteiger partial charge < -0.3 is 34.6 Å². The molecular weight excluding hydrogens is 754 g/mol. The monoisotopic (exact) mass is 793 g/mol. The average molecular weight is 794 g/mol. The van der Waals surface area contributed by atoms with Gasteiger partial charge in [-0.05, 0) is 19.9 Å². The Labute approximate surface area is 325 Å². The number of carbonyl (C=O) groups excluding carboxylic acids is 2. The molecule has 3 saturated heterocycles. The summed E-state index contributed by atoms with van der Waals surface area (Å²) in [5.74, 6) is -1.91. The number of hydrogen-bond donors (Lipinski definition) is 1. The van der Waals surface area contributed by atoms with Crippen molar-refractivity contribution in [1.82, 2.24) is 24.8 Å². The van der Waals surface area contributed by atoms with Gasteiger partial charge in [0.2, 0.25) is 11.8 Å². The van der Waals surface area contributed by atoms with E-state index in [9.17, 15) is 22.8 Å².